The predicted octanol–water partition coefficient (Wildman–Crippen LogP) is 4.83. The summed E-state index contributed by atoms with van der Waals surface area (Å²) in [7, 11) is -2.47. The summed E-state index contributed by atoms with van der Waals surface area (Å²) in [5.74, 6) is 0.130. The van der Waals surface area contributed by atoms with E-state index >= 15 is 0 Å². The lowest BCUT2D eigenvalue weighted by Gasteiger charge is -2.29. The Balaban J connectivity index is 1.53. The third kappa shape index (κ3) is 5.95. The van der Waals surface area contributed by atoms with Crippen LogP contribution in [0.15, 0.2) is 77.7 Å². The maximum atomic E-state index is 13.5. The van der Waals surface area contributed by atoms with Crippen LogP contribution in [-0.4, -0.2) is 41.1 Å². The van der Waals surface area contributed by atoms with E-state index in [0.29, 0.717) is 17.1 Å². The first-order valence-electron chi connectivity index (χ1n) is 11.8. The molecule has 1 amide bonds. The average molecular weight is 494 g/mol. The molecule has 0 radical (unpaired) electrons. The summed E-state index contributed by atoms with van der Waals surface area (Å²) in [4.78, 5) is 15.4. The van der Waals surface area contributed by atoms with Gasteiger partial charge in [-0.25, -0.2) is 8.42 Å². The molecule has 1 fully saturated rings. The van der Waals surface area contributed by atoms with Crippen LogP contribution in [0.3, 0.4) is 0 Å². The number of hydrogen-bond acceptors (Lipinski definition) is 5. The van der Waals surface area contributed by atoms with Gasteiger partial charge in [0.05, 0.1) is 17.7 Å². The maximum Gasteiger partial charge on any atom is 0.264 e. The van der Waals surface area contributed by atoms with Gasteiger partial charge in [0, 0.05) is 24.5 Å². The van der Waals surface area contributed by atoms with Crippen molar-refractivity contribution in [3.05, 3.63) is 78.4 Å². The van der Waals surface area contributed by atoms with Crippen LogP contribution in [-0.2, 0) is 14.8 Å². The molecule has 1 aliphatic rings. The summed E-state index contributed by atoms with van der Waals surface area (Å²) >= 11 is 0. The van der Waals surface area contributed by atoms with Gasteiger partial charge in [0.25, 0.3) is 10.0 Å². The van der Waals surface area contributed by atoms with Crippen LogP contribution in [0.25, 0.3) is 0 Å². The van der Waals surface area contributed by atoms with Crippen molar-refractivity contribution < 1.29 is 17.9 Å². The highest BCUT2D eigenvalue weighted by Gasteiger charge is 2.27. The van der Waals surface area contributed by atoms with Crippen molar-refractivity contribution in [2.75, 3.05) is 41.3 Å². The van der Waals surface area contributed by atoms with E-state index in [-0.39, 0.29) is 11.4 Å². The monoisotopic (exact) mass is 493 g/mol. The molecule has 7 nitrogen and oxygen atoms in total. The zero-order valence-electron chi connectivity index (χ0n) is 20.1. The Labute approximate surface area is 207 Å². The normalized spacial score (nSPS) is 13.8. The topological polar surface area (TPSA) is 79.0 Å². The first-order chi connectivity index (χ1) is 16.9. The predicted molar refractivity (Wildman–Crippen MR) is 140 cm³/mol. The number of nitrogens with one attached hydrogen (secondary N) is 1. The van der Waals surface area contributed by atoms with Gasteiger partial charge in [0.2, 0.25) is 5.91 Å². The largest absolute Gasteiger partial charge is 0.497 e. The molecule has 1 N–H and O–H groups in total. The van der Waals surface area contributed by atoms with Crippen LogP contribution < -0.4 is 19.3 Å². The van der Waals surface area contributed by atoms with Crippen LogP contribution in [0.5, 0.6) is 5.75 Å². The highest BCUT2D eigenvalue weighted by atomic mass is 32.2. The SMILES string of the molecule is COc1ccc(S(=O)(=O)N(CC(=O)Nc2ccc(N3CCCCC3)cc2)c2ccc(C)cc2)cc1. The average Bonchev–Trinajstić information content (AvgIpc) is 2.89. The lowest BCUT2D eigenvalue weighted by molar-refractivity contribution is -0.114. The van der Waals surface area contributed by atoms with E-state index < -0.39 is 15.9 Å². The second kappa shape index (κ2) is 10.8. The van der Waals surface area contributed by atoms with Gasteiger partial charge in [-0.05, 0) is 86.8 Å². The standard InChI is InChI=1S/C27H31N3O4S/c1-21-6-10-24(11-7-21)30(35(32,33)26-16-14-25(34-2)15-17-26)20-27(31)28-22-8-12-23(13-9-22)29-18-4-3-5-19-29/h6-17H,3-5,18-20H2,1-2H3,(H,28,31). The summed E-state index contributed by atoms with van der Waals surface area (Å²) in [5.41, 5.74) is 3.17. The molecule has 0 bridgehead atoms. The Kier molecular flexibility index (Phi) is 7.60. The van der Waals surface area contributed by atoms with Crippen molar-refractivity contribution in [1.29, 1.82) is 0 Å². The molecule has 0 aromatic heterocycles. The van der Waals surface area contributed by atoms with Gasteiger partial charge >= 0.3 is 0 Å². The Hall–Kier alpha value is -3.52. The summed E-state index contributed by atoms with van der Waals surface area (Å²) in [6, 6.07) is 20.9. The van der Waals surface area contributed by atoms with E-state index in [0.717, 1.165) is 28.6 Å². The minimum atomic E-state index is -3.99. The fraction of sp³-hybridized carbons (Fsp3) is 0.296. The molecule has 1 saturated heterocycles. The number of sulfonamides is 1. The number of hydrogen-bond donors (Lipinski definition) is 1. The minimum absolute atomic E-state index is 0.0811. The Morgan fingerprint density at radius 3 is 2.14 bits per heavy atom. The van der Waals surface area contributed by atoms with Gasteiger partial charge in [-0.15, -0.1) is 0 Å². The lowest BCUT2D eigenvalue weighted by Crippen LogP contribution is -2.38. The zero-order valence-corrected chi connectivity index (χ0v) is 20.9. The van der Waals surface area contributed by atoms with Crippen LogP contribution in [0.2, 0.25) is 0 Å². The molecule has 0 atom stereocenters. The molecule has 184 valence electrons. The van der Waals surface area contributed by atoms with E-state index in [2.05, 4.69) is 10.2 Å². The second-order valence-corrected chi connectivity index (χ2v) is 10.5. The zero-order chi connectivity index (χ0) is 24.8. The fourth-order valence-electron chi connectivity index (χ4n) is 4.14. The summed E-state index contributed by atoms with van der Waals surface area (Å²) < 4.78 is 33.3. The van der Waals surface area contributed by atoms with E-state index in [1.807, 2.05) is 43.3 Å². The number of piperidine rings is 1. The molecular weight excluding hydrogens is 462 g/mol. The van der Waals surface area contributed by atoms with Gasteiger partial charge in [-0.3, -0.25) is 9.10 Å². The summed E-state index contributed by atoms with van der Waals surface area (Å²) in [6.45, 7) is 3.65. The highest BCUT2D eigenvalue weighted by molar-refractivity contribution is 7.92. The molecule has 0 unspecified atom stereocenters. The molecule has 35 heavy (non-hydrogen) atoms. The molecule has 3 aromatic rings. The number of ether oxygens (including phenoxy) is 1. The molecule has 4 rings (SSSR count). The first kappa shape index (κ1) is 24.6. The molecule has 0 spiro atoms. The second-order valence-electron chi connectivity index (χ2n) is 8.67. The van der Waals surface area contributed by atoms with Crippen molar-refractivity contribution in [1.82, 2.24) is 0 Å². The number of rotatable bonds is 8. The number of carbonyl (C=O) groups excluding carboxylic acids is 1. The molecular formula is C27H31N3O4S. The van der Waals surface area contributed by atoms with E-state index in [1.54, 1.807) is 24.3 Å². The van der Waals surface area contributed by atoms with Crippen LogP contribution >= 0.6 is 0 Å². The number of anilines is 3. The van der Waals surface area contributed by atoms with Gasteiger partial charge in [-0.1, -0.05) is 17.7 Å². The van der Waals surface area contributed by atoms with Gasteiger partial charge < -0.3 is 15.0 Å². The third-order valence-electron chi connectivity index (χ3n) is 6.13. The molecule has 0 aliphatic carbocycles. The molecule has 3 aromatic carbocycles. The number of benzene rings is 3. The quantitative estimate of drug-likeness (QED) is 0.486. The van der Waals surface area contributed by atoms with Gasteiger partial charge in [0.1, 0.15) is 12.3 Å². The number of amides is 1. The van der Waals surface area contributed by atoms with E-state index in [1.165, 1.54) is 38.5 Å². The van der Waals surface area contributed by atoms with Crippen LogP contribution in [0.4, 0.5) is 17.1 Å². The Morgan fingerprint density at radius 1 is 0.914 bits per heavy atom. The maximum absolute atomic E-state index is 13.5. The summed E-state index contributed by atoms with van der Waals surface area (Å²) in [6.07, 6.45) is 3.65. The lowest BCUT2D eigenvalue weighted by atomic mass is 10.1. The highest BCUT2D eigenvalue weighted by Crippen LogP contribution is 2.26. The van der Waals surface area contributed by atoms with E-state index in [9.17, 15) is 13.2 Å². The van der Waals surface area contributed by atoms with Crippen molar-refractivity contribution in [2.24, 2.45) is 0 Å². The number of aryl methyl sites for hydroxylation is 1. The van der Waals surface area contributed by atoms with Crippen LogP contribution in [0.1, 0.15) is 24.8 Å². The molecule has 1 aliphatic heterocycles. The van der Waals surface area contributed by atoms with Gasteiger partial charge in [0.15, 0.2) is 0 Å². The Bertz CT molecular complexity index is 1240. The van der Waals surface area contributed by atoms with Crippen molar-refractivity contribution in [2.45, 2.75) is 31.1 Å². The molecule has 8 heteroatoms. The van der Waals surface area contributed by atoms with Crippen molar-refractivity contribution in [3.8, 4) is 5.75 Å². The smallest absolute Gasteiger partial charge is 0.264 e. The number of carbonyl (C=O) groups is 1. The minimum Gasteiger partial charge on any atom is -0.497 e. The Morgan fingerprint density at radius 2 is 1.54 bits per heavy atom. The number of nitrogens with zero attached hydrogens (tertiary/aromatic N) is 2. The molecule has 0 saturated carbocycles. The number of methoxy groups -OCH3 is 1. The van der Waals surface area contributed by atoms with E-state index in [4.69, 9.17) is 4.74 Å². The van der Waals surface area contributed by atoms with Crippen LogP contribution in [0, 0.1) is 6.92 Å². The van der Waals surface area contributed by atoms with Gasteiger partial charge in [-0.2, -0.15) is 0 Å². The summed E-state index contributed by atoms with van der Waals surface area (Å²) in [5, 5.41) is 2.84. The fourth-order valence-corrected chi connectivity index (χ4v) is 5.56. The molecule has 1 heterocycles. The van der Waals surface area contributed by atoms with Crippen molar-refractivity contribution >= 4 is 33.0 Å². The third-order valence-corrected chi connectivity index (χ3v) is 7.92. The first-order valence-corrected chi connectivity index (χ1v) is 13.2. The van der Waals surface area contributed by atoms with Crippen molar-refractivity contribution in [3.63, 3.8) is 0 Å².